The Labute approximate surface area is 177 Å². The second-order valence-electron chi connectivity index (χ2n) is 6.65. The highest BCUT2D eigenvalue weighted by atomic mass is 35.5. The van der Waals surface area contributed by atoms with E-state index in [2.05, 4.69) is 15.6 Å². The largest absolute Gasteiger partial charge is 0.497 e. The normalized spacial score (nSPS) is 15.4. The molecule has 1 unspecified atom stereocenters. The zero-order valence-electron chi connectivity index (χ0n) is 16.0. The zero-order chi connectivity index (χ0) is 21.1. The predicted molar refractivity (Wildman–Crippen MR) is 110 cm³/mol. The van der Waals surface area contributed by atoms with E-state index in [0.717, 1.165) is 11.3 Å². The molecule has 2 aromatic carbocycles. The fourth-order valence-electron chi connectivity index (χ4n) is 3.04. The number of anilines is 1. The lowest BCUT2D eigenvalue weighted by Gasteiger charge is -2.08. The Morgan fingerprint density at radius 3 is 2.83 bits per heavy atom. The number of carbonyl (C=O) groups excluding carboxylic acids is 1. The SMILES string of the molecule is COc1ccc(C2=NOC(C(=O)Nc3ccn(Cc4c(F)cccc4Cl)n3)C2)cc1. The molecule has 0 saturated heterocycles. The van der Waals surface area contributed by atoms with Crippen LogP contribution in [0.25, 0.3) is 0 Å². The van der Waals surface area contributed by atoms with Crippen molar-refractivity contribution in [3.8, 4) is 5.75 Å². The Morgan fingerprint density at radius 2 is 2.10 bits per heavy atom. The third kappa shape index (κ3) is 4.28. The fraction of sp³-hybridized carbons (Fsp3) is 0.190. The Morgan fingerprint density at radius 1 is 1.30 bits per heavy atom. The van der Waals surface area contributed by atoms with Gasteiger partial charge in [0.2, 0.25) is 6.10 Å². The Hall–Kier alpha value is -3.39. The van der Waals surface area contributed by atoms with Crippen LogP contribution in [0, 0.1) is 5.82 Å². The van der Waals surface area contributed by atoms with Crippen LogP contribution in [0.1, 0.15) is 17.5 Å². The van der Waals surface area contributed by atoms with Crippen molar-refractivity contribution in [2.45, 2.75) is 19.1 Å². The van der Waals surface area contributed by atoms with Gasteiger partial charge in [-0.3, -0.25) is 9.48 Å². The van der Waals surface area contributed by atoms with Crippen molar-refractivity contribution in [1.82, 2.24) is 9.78 Å². The monoisotopic (exact) mass is 428 g/mol. The van der Waals surface area contributed by atoms with Gasteiger partial charge in [0.15, 0.2) is 5.82 Å². The number of hydrogen-bond donors (Lipinski definition) is 1. The summed E-state index contributed by atoms with van der Waals surface area (Å²) in [6, 6.07) is 13.5. The van der Waals surface area contributed by atoms with E-state index in [-0.39, 0.29) is 12.5 Å². The number of nitrogens with zero attached hydrogens (tertiary/aromatic N) is 3. The molecular formula is C21H18ClFN4O3. The van der Waals surface area contributed by atoms with Gasteiger partial charge in [0.25, 0.3) is 5.91 Å². The average molecular weight is 429 g/mol. The van der Waals surface area contributed by atoms with Gasteiger partial charge in [-0.1, -0.05) is 22.8 Å². The first-order chi connectivity index (χ1) is 14.5. The molecule has 154 valence electrons. The van der Waals surface area contributed by atoms with E-state index in [0.29, 0.717) is 28.5 Å². The number of halogens is 2. The first-order valence-corrected chi connectivity index (χ1v) is 9.55. The van der Waals surface area contributed by atoms with Crippen LogP contribution in [0.3, 0.4) is 0 Å². The van der Waals surface area contributed by atoms with Crippen molar-refractivity contribution >= 4 is 29.0 Å². The van der Waals surface area contributed by atoms with Crippen molar-refractivity contribution in [3.63, 3.8) is 0 Å². The lowest BCUT2D eigenvalue weighted by atomic mass is 10.0. The summed E-state index contributed by atoms with van der Waals surface area (Å²) >= 11 is 6.05. The van der Waals surface area contributed by atoms with Crippen molar-refractivity contribution in [2.24, 2.45) is 5.16 Å². The number of nitrogens with one attached hydrogen (secondary N) is 1. The smallest absolute Gasteiger partial charge is 0.269 e. The maximum atomic E-state index is 13.9. The van der Waals surface area contributed by atoms with Gasteiger partial charge in [-0.25, -0.2) is 4.39 Å². The second-order valence-corrected chi connectivity index (χ2v) is 7.06. The highest BCUT2D eigenvalue weighted by Crippen LogP contribution is 2.22. The van der Waals surface area contributed by atoms with Crippen molar-refractivity contribution in [3.05, 3.63) is 76.7 Å². The number of carbonyl (C=O) groups is 1. The number of oxime groups is 1. The molecule has 1 N–H and O–H groups in total. The standard InChI is InChI=1S/C21H18ClFN4O3/c1-29-14-7-5-13(6-8-14)18-11-19(30-26-18)21(28)24-20-9-10-27(25-20)12-15-16(22)3-2-4-17(15)23/h2-10,19H,11-12H2,1H3,(H,24,25,28). The number of methoxy groups -OCH3 is 1. The van der Waals surface area contributed by atoms with E-state index in [1.165, 1.54) is 10.7 Å². The molecule has 1 atom stereocenters. The highest BCUT2D eigenvalue weighted by molar-refractivity contribution is 6.31. The molecule has 0 saturated carbocycles. The molecule has 1 aliphatic heterocycles. The summed E-state index contributed by atoms with van der Waals surface area (Å²) in [6.45, 7) is 0.145. The number of hydrogen-bond acceptors (Lipinski definition) is 5. The predicted octanol–water partition coefficient (Wildman–Crippen LogP) is 3.86. The lowest BCUT2D eigenvalue weighted by molar-refractivity contribution is -0.125. The first kappa shape index (κ1) is 19.9. The number of aromatic nitrogens is 2. The van der Waals surface area contributed by atoms with Crippen LogP contribution in [-0.4, -0.2) is 34.6 Å². The fourth-order valence-corrected chi connectivity index (χ4v) is 3.26. The van der Waals surface area contributed by atoms with Gasteiger partial charge in [-0.05, 0) is 42.0 Å². The number of rotatable bonds is 6. The van der Waals surface area contributed by atoms with E-state index in [1.807, 2.05) is 24.3 Å². The molecule has 3 aromatic rings. The maximum absolute atomic E-state index is 13.9. The van der Waals surface area contributed by atoms with Gasteiger partial charge in [0.1, 0.15) is 11.6 Å². The molecule has 0 spiro atoms. The molecule has 30 heavy (non-hydrogen) atoms. The summed E-state index contributed by atoms with van der Waals surface area (Å²) in [4.78, 5) is 17.8. The summed E-state index contributed by atoms with van der Waals surface area (Å²) in [7, 11) is 1.60. The average Bonchev–Trinajstić information content (AvgIpc) is 3.41. The summed E-state index contributed by atoms with van der Waals surface area (Å²) in [6.07, 6.45) is 1.21. The molecule has 1 aromatic heterocycles. The first-order valence-electron chi connectivity index (χ1n) is 9.18. The number of benzene rings is 2. The van der Waals surface area contributed by atoms with Gasteiger partial charge < -0.3 is 14.9 Å². The minimum atomic E-state index is -0.756. The van der Waals surface area contributed by atoms with Gasteiger partial charge in [0, 0.05) is 29.3 Å². The van der Waals surface area contributed by atoms with Crippen LogP contribution in [0.15, 0.2) is 59.9 Å². The quantitative estimate of drug-likeness (QED) is 0.646. The van der Waals surface area contributed by atoms with Crippen molar-refractivity contribution in [2.75, 3.05) is 12.4 Å². The lowest BCUT2D eigenvalue weighted by Crippen LogP contribution is -2.28. The minimum absolute atomic E-state index is 0.145. The molecule has 0 fully saturated rings. The van der Waals surface area contributed by atoms with Gasteiger partial charge in [0.05, 0.1) is 19.4 Å². The molecule has 7 nitrogen and oxygen atoms in total. The molecular weight excluding hydrogens is 411 g/mol. The molecule has 1 aliphatic rings. The third-order valence-corrected chi connectivity index (χ3v) is 5.01. The maximum Gasteiger partial charge on any atom is 0.269 e. The Balaban J connectivity index is 1.36. The molecule has 2 heterocycles. The number of ether oxygens (including phenoxy) is 1. The third-order valence-electron chi connectivity index (χ3n) is 4.66. The van der Waals surface area contributed by atoms with Crippen LogP contribution in [0.4, 0.5) is 10.2 Å². The van der Waals surface area contributed by atoms with E-state index in [1.54, 1.807) is 31.5 Å². The second kappa shape index (κ2) is 8.54. The Bertz CT molecular complexity index is 1080. The van der Waals surface area contributed by atoms with E-state index in [4.69, 9.17) is 21.2 Å². The summed E-state index contributed by atoms with van der Waals surface area (Å²) < 4.78 is 20.6. The molecule has 4 rings (SSSR count). The van der Waals surface area contributed by atoms with E-state index >= 15 is 0 Å². The zero-order valence-corrected chi connectivity index (χ0v) is 16.8. The molecule has 0 aliphatic carbocycles. The van der Waals surface area contributed by atoms with Gasteiger partial charge >= 0.3 is 0 Å². The highest BCUT2D eigenvalue weighted by Gasteiger charge is 2.29. The van der Waals surface area contributed by atoms with Crippen LogP contribution < -0.4 is 10.1 Å². The molecule has 0 radical (unpaired) electrons. The Kier molecular flexibility index (Phi) is 5.67. The van der Waals surface area contributed by atoms with E-state index < -0.39 is 11.9 Å². The molecule has 0 bridgehead atoms. The summed E-state index contributed by atoms with van der Waals surface area (Å²) in [5, 5.41) is 11.3. The minimum Gasteiger partial charge on any atom is -0.497 e. The summed E-state index contributed by atoms with van der Waals surface area (Å²) in [5.41, 5.74) is 1.87. The van der Waals surface area contributed by atoms with E-state index in [9.17, 15) is 9.18 Å². The van der Waals surface area contributed by atoms with Crippen LogP contribution in [-0.2, 0) is 16.2 Å². The van der Waals surface area contributed by atoms with Crippen LogP contribution in [0.2, 0.25) is 5.02 Å². The number of amides is 1. The van der Waals surface area contributed by atoms with Crippen LogP contribution in [0.5, 0.6) is 5.75 Å². The topological polar surface area (TPSA) is 77.7 Å². The van der Waals surface area contributed by atoms with Gasteiger partial charge in [-0.15, -0.1) is 0 Å². The van der Waals surface area contributed by atoms with Crippen LogP contribution >= 0.6 is 11.6 Å². The molecule has 9 heteroatoms. The van der Waals surface area contributed by atoms with Crippen molar-refractivity contribution in [1.29, 1.82) is 0 Å². The van der Waals surface area contributed by atoms with Gasteiger partial charge in [-0.2, -0.15) is 5.10 Å². The summed E-state index contributed by atoms with van der Waals surface area (Å²) in [5.74, 6) is 0.288. The molecule has 1 amide bonds. The van der Waals surface area contributed by atoms with Crippen molar-refractivity contribution < 1.29 is 18.8 Å².